The topological polar surface area (TPSA) is 46.6 Å². The third-order valence-corrected chi connectivity index (χ3v) is 5.19. The average Bonchev–Trinajstić information content (AvgIpc) is 2.47. The van der Waals surface area contributed by atoms with Crippen LogP contribution in [-0.2, 0) is 14.3 Å². The predicted molar refractivity (Wildman–Crippen MR) is 98.7 cm³/mol. The van der Waals surface area contributed by atoms with Crippen LogP contribution in [-0.4, -0.2) is 38.8 Å². The molecule has 0 radical (unpaired) electrons. The Balaban J connectivity index is 1.82. The second-order valence-electron chi connectivity index (χ2n) is 5.74. The van der Waals surface area contributed by atoms with Gasteiger partial charge in [0.25, 0.3) is 10.1 Å². The van der Waals surface area contributed by atoms with E-state index in [9.17, 15) is 8.42 Å². The van der Waals surface area contributed by atoms with Crippen molar-refractivity contribution >= 4 is 32.7 Å². The fraction of sp³-hybridized carbons (Fsp3) is 0.294. The van der Waals surface area contributed by atoms with Crippen LogP contribution in [0.3, 0.4) is 0 Å². The molecule has 1 atom stereocenters. The van der Waals surface area contributed by atoms with E-state index in [1.807, 2.05) is 18.2 Å². The predicted octanol–water partition coefficient (Wildman–Crippen LogP) is 3.04. The first kappa shape index (κ1) is 16.9. The van der Waals surface area contributed by atoms with Crippen LogP contribution in [0.15, 0.2) is 54.6 Å². The zero-order chi connectivity index (χ0) is 16.4. The van der Waals surface area contributed by atoms with Gasteiger partial charge in [-0.2, -0.15) is 8.42 Å². The molecule has 1 aliphatic heterocycles. The second-order valence-corrected chi connectivity index (χ2v) is 8.59. The summed E-state index contributed by atoms with van der Waals surface area (Å²) in [6, 6.07) is 18.8. The molecule has 122 valence electrons. The lowest BCUT2D eigenvalue weighted by Crippen LogP contribution is -2.54. The van der Waals surface area contributed by atoms with Crippen molar-refractivity contribution in [3.8, 4) is 0 Å². The molecule has 1 aliphatic rings. The molecule has 2 aromatic carbocycles. The van der Waals surface area contributed by atoms with E-state index in [1.165, 1.54) is 14.7 Å². The molecule has 3 rings (SSSR count). The summed E-state index contributed by atoms with van der Waals surface area (Å²) in [5.74, 6) is 0. The summed E-state index contributed by atoms with van der Waals surface area (Å²) < 4.78 is 28.8. The largest absolute Gasteiger partial charge is 0.287 e. The molecule has 0 bridgehead atoms. The number of hydrogen-bond acceptors (Lipinski definition) is 4. The smallest absolute Gasteiger partial charge is 0.264 e. The first-order valence-corrected chi connectivity index (χ1v) is 10.2. The van der Waals surface area contributed by atoms with Crippen LogP contribution < -0.4 is 0 Å². The average molecular weight is 443 g/mol. The fourth-order valence-electron chi connectivity index (χ4n) is 2.88. The lowest BCUT2D eigenvalue weighted by Gasteiger charge is -2.43. The molecule has 0 amide bonds. The molecule has 0 aromatic heterocycles. The molecule has 2 aromatic rings. The van der Waals surface area contributed by atoms with Gasteiger partial charge in [0, 0.05) is 16.7 Å². The van der Waals surface area contributed by atoms with Crippen molar-refractivity contribution in [2.75, 3.05) is 19.3 Å². The molecule has 23 heavy (non-hydrogen) atoms. The van der Waals surface area contributed by atoms with E-state index >= 15 is 0 Å². The van der Waals surface area contributed by atoms with Crippen LogP contribution >= 0.6 is 22.6 Å². The number of rotatable bonds is 5. The quantitative estimate of drug-likeness (QED) is 0.527. The van der Waals surface area contributed by atoms with Crippen molar-refractivity contribution in [2.24, 2.45) is 0 Å². The Bertz CT molecular complexity index is 756. The van der Waals surface area contributed by atoms with Gasteiger partial charge in [-0.1, -0.05) is 42.5 Å². The first-order valence-electron chi connectivity index (χ1n) is 7.35. The molecule has 1 fully saturated rings. The van der Waals surface area contributed by atoms with Crippen molar-refractivity contribution in [3.63, 3.8) is 0 Å². The molecular formula is C17H18INO3S. The highest BCUT2D eigenvalue weighted by Crippen LogP contribution is 2.33. The van der Waals surface area contributed by atoms with Crippen molar-refractivity contribution in [1.82, 2.24) is 4.90 Å². The summed E-state index contributed by atoms with van der Waals surface area (Å²) in [6.45, 7) is 1.22. The number of hydrogen-bond donors (Lipinski definition) is 0. The minimum atomic E-state index is -3.40. The van der Waals surface area contributed by atoms with Crippen molar-refractivity contribution in [1.29, 1.82) is 0 Å². The SMILES string of the molecule is CS(=O)(=O)OC1CN(C(c2ccccc2)c2ccc(I)cc2)C1. The second kappa shape index (κ2) is 6.88. The Hall–Kier alpha value is -0.960. The van der Waals surface area contributed by atoms with E-state index in [-0.39, 0.29) is 12.1 Å². The van der Waals surface area contributed by atoms with Gasteiger partial charge in [-0.3, -0.25) is 9.08 Å². The van der Waals surface area contributed by atoms with E-state index < -0.39 is 10.1 Å². The monoisotopic (exact) mass is 443 g/mol. The Morgan fingerprint density at radius 1 is 1.04 bits per heavy atom. The van der Waals surface area contributed by atoms with Gasteiger partial charge in [0.2, 0.25) is 0 Å². The lowest BCUT2D eigenvalue weighted by molar-refractivity contribution is 0.00475. The molecule has 0 spiro atoms. The van der Waals surface area contributed by atoms with Gasteiger partial charge in [0.05, 0.1) is 12.3 Å². The Morgan fingerprint density at radius 3 is 2.17 bits per heavy atom. The Morgan fingerprint density at radius 2 is 1.61 bits per heavy atom. The molecule has 0 N–H and O–H groups in total. The van der Waals surface area contributed by atoms with Crippen LogP contribution in [0.1, 0.15) is 17.2 Å². The van der Waals surface area contributed by atoms with Crippen LogP contribution in [0.5, 0.6) is 0 Å². The first-order chi connectivity index (χ1) is 10.9. The summed E-state index contributed by atoms with van der Waals surface area (Å²) in [4.78, 5) is 2.24. The number of benzene rings is 2. The zero-order valence-corrected chi connectivity index (χ0v) is 15.7. The Labute approximate surface area is 150 Å². The van der Waals surface area contributed by atoms with E-state index in [1.54, 1.807) is 0 Å². The summed E-state index contributed by atoms with van der Waals surface area (Å²) in [6.07, 6.45) is 0.851. The van der Waals surface area contributed by atoms with E-state index in [0.717, 1.165) is 6.26 Å². The maximum Gasteiger partial charge on any atom is 0.264 e. The fourth-order valence-corrected chi connectivity index (χ4v) is 3.86. The molecule has 1 heterocycles. The molecule has 0 aliphatic carbocycles. The standard InChI is InChI=1S/C17H18INO3S/c1-23(20,21)22-16-11-19(12-16)17(13-5-3-2-4-6-13)14-7-9-15(18)10-8-14/h2-10,16-17H,11-12H2,1H3. The zero-order valence-electron chi connectivity index (χ0n) is 12.7. The highest BCUT2D eigenvalue weighted by molar-refractivity contribution is 14.1. The molecule has 4 nitrogen and oxygen atoms in total. The molecule has 0 saturated carbocycles. The van der Waals surface area contributed by atoms with Crippen molar-refractivity contribution in [3.05, 3.63) is 69.3 Å². The summed E-state index contributed by atoms with van der Waals surface area (Å²) >= 11 is 2.29. The number of nitrogens with zero attached hydrogens (tertiary/aromatic N) is 1. The normalized spacial score (nSPS) is 17.7. The summed E-state index contributed by atoms with van der Waals surface area (Å²) in [5, 5.41) is 0. The number of halogens is 1. The highest BCUT2D eigenvalue weighted by Gasteiger charge is 2.36. The van der Waals surface area contributed by atoms with Gasteiger partial charge in [-0.15, -0.1) is 0 Å². The van der Waals surface area contributed by atoms with E-state index in [4.69, 9.17) is 4.18 Å². The number of likely N-dealkylation sites (tertiary alicyclic amines) is 1. The Kier molecular flexibility index (Phi) is 5.05. The minimum absolute atomic E-state index is 0.118. The van der Waals surface area contributed by atoms with Gasteiger partial charge in [-0.05, 0) is 45.9 Å². The molecular weight excluding hydrogens is 425 g/mol. The lowest BCUT2D eigenvalue weighted by atomic mass is 9.94. The van der Waals surface area contributed by atoms with Crippen LogP contribution in [0.25, 0.3) is 0 Å². The maximum absolute atomic E-state index is 11.2. The van der Waals surface area contributed by atoms with Crippen molar-refractivity contribution < 1.29 is 12.6 Å². The van der Waals surface area contributed by atoms with Crippen molar-refractivity contribution in [2.45, 2.75) is 12.1 Å². The van der Waals surface area contributed by atoms with E-state index in [0.29, 0.717) is 13.1 Å². The van der Waals surface area contributed by atoms with Gasteiger partial charge >= 0.3 is 0 Å². The molecule has 6 heteroatoms. The van der Waals surface area contributed by atoms with Crippen LogP contribution in [0.4, 0.5) is 0 Å². The third kappa shape index (κ3) is 4.32. The van der Waals surface area contributed by atoms with Gasteiger partial charge in [0.15, 0.2) is 0 Å². The highest BCUT2D eigenvalue weighted by atomic mass is 127. The van der Waals surface area contributed by atoms with Gasteiger partial charge in [-0.25, -0.2) is 0 Å². The summed E-state index contributed by atoms with van der Waals surface area (Å²) in [5.41, 5.74) is 2.40. The molecule has 1 saturated heterocycles. The van der Waals surface area contributed by atoms with Gasteiger partial charge < -0.3 is 0 Å². The minimum Gasteiger partial charge on any atom is -0.287 e. The van der Waals surface area contributed by atoms with Crippen LogP contribution in [0, 0.1) is 3.57 Å². The third-order valence-electron chi connectivity index (χ3n) is 3.85. The van der Waals surface area contributed by atoms with Gasteiger partial charge in [0.1, 0.15) is 6.10 Å². The maximum atomic E-state index is 11.2. The van der Waals surface area contributed by atoms with E-state index in [2.05, 4.69) is 63.9 Å². The summed E-state index contributed by atoms with van der Waals surface area (Å²) in [7, 11) is -3.40. The van der Waals surface area contributed by atoms with Crippen LogP contribution in [0.2, 0.25) is 0 Å². The molecule has 1 unspecified atom stereocenters.